The van der Waals surface area contributed by atoms with Crippen molar-refractivity contribution in [3.8, 4) is 5.75 Å². The number of nitrogens with one attached hydrogen (secondary N) is 1. The van der Waals surface area contributed by atoms with E-state index in [2.05, 4.69) is 10.3 Å². The van der Waals surface area contributed by atoms with Crippen LogP contribution in [-0.4, -0.2) is 39.4 Å². The van der Waals surface area contributed by atoms with Crippen LogP contribution in [0.3, 0.4) is 0 Å². The number of carbonyl (C=O) groups is 4. The Balaban J connectivity index is 1.31. The van der Waals surface area contributed by atoms with E-state index in [1.54, 1.807) is 44.3 Å². The van der Waals surface area contributed by atoms with E-state index >= 15 is 0 Å². The molecule has 10 heteroatoms. The van der Waals surface area contributed by atoms with E-state index in [1.165, 1.54) is 0 Å². The predicted molar refractivity (Wildman–Crippen MR) is 153 cm³/mol. The number of thioether (sulfide) groups is 1. The van der Waals surface area contributed by atoms with E-state index in [4.69, 9.17) is 14.2 Å². The first-order valence-corrected chi connectivity index (χ1v) is 14.1. The molecule has 4 rings (SSSR count). The number of carbonyl (C=O) groups excluding carboxylic acids is 4. The molecule has 1 saturated heterocycles. The highest BCUT2D eigenvalue weighted by Gasteiger charge is 2.55. The Bertz CT molecular complexity index is 1380. The van der Waals surface area contributed by atoms with Gasteiger partial charge >= 0.3 is 11.9 Å². The highest BCUT2D eigenvalue weighted by Crippen LogP contribution is 2.37. The van der Waals surface area contributed by atoms with Gasteiger partial charge in [-0.2, -0.15) is 0 Å². The van der Waals surface area contributed by atoms with Gasteiger partial charge in [0.2, 0.25) is 4.75 Å². The van der Waals surface area contributed by atoms with Gasteiger partial charge in [0.05, 0.1) is 12.5 Å². The molecule has 1 aliphatic rings. The maximum atomic E-state index is 13.1. The summed E-state index contributed by atoms with van der Waals surface area (Å²) >= 11 is 0.645. The van der Waals surface area contributed by atoms with Crippen molar-refractivity contribution < 1.29 is 33.4 Å². The van der Waals surface area contributed by atoms with Crippen molar-refractivity contribution in [3.63, 3.8) is 0 Å². The summed E-state index contributed by atoms with van der Waals surface area (Å²) in [6.07, 6.45) is 1.88. The van der Waals surface area contributed by atoms with Gasteiger partial charge in [0.1, 0.15) is 18.5 Å². The molecule has 1 fully saturated rings. The number of aromatic nitrogens is 1. The molecule has 41 heavy (non-hydrogen) atoms. The quantitative estimate of drug-likeness (QED) is 0.235. The zero-order valence-corrected chi connectivity index (χ0v) is 23.9. The second-order valence-electron chi connectivity index (χ2n) is 9.97. The number of hydrogen-bond donors (Lipinski definition) is 1. The lowest BCUT2D eigenvalue weighted by Crippen LogP contribution is -2.46. The highest BCUT2D eigenvalue weighted by atomic mass is 32.2. The summed E-state index contributed by atoms with van der Waals surface area (Å²) < 4.78 is 15.0. The molecule has 2 amide bonds. The van der Waals surface area contributed by atoms with Gasteiger partial charge in [0, 0.05) is 30.3 Å². The number of ether oxygens (including phenoxy) is 3. The minimum Gasteiger partial charge on any atom is -0.493 e. The minimum atomic E-state index is -1.70. The van der Waals surface area contributed by atoms with Crippen LogP contribution in [0.5, 0.6) is 5.75 Å². The maximum Gasteiger partial charge on any atom is 0.333 e. The monoisotopic (exact) mass is 576 g/mol. The summed E-state index contributed by atoms with van der Waals surface area (Å²) in [5.41, 5.74) is 3.10. The SMILES string of the molecule is CC(C)C(=O)OC(C)c1ccc(CCOc2ccc(C[C@]3(C(=O)OCc4ccccc4)SC(=O)NC3=O)cc2)nc1. The average molecular weight is 577 g/mol. The second kappa shape index (κ2) is 13.5. The molecule has 1 unspecified atom stereocenters. The Morgan fingerprint density at radius 2 is 1.68 bits per heavy atom. The van der Waals surface area contributed by atoms with E-state index in [9.17, 15) is 19.2 Å². The zero-order valence-electron chi connectivity index (χ0n) is 23.1. The Labute approximate surface area is 243 Å². The molecule has 1 N–H and O–H groups in total. The van der Waals surface area contributed by atoms with Crippen LogP contribution in [0, 0.1) is 5.92 Å². The molecular weight excluding hydrogens is 544 g/mol. The van der Waals surface area contributed by atoms with Crippen LogP contribution in [0.1, 0.15) is 49.3 Å². The largest absolute Gasteiger partial charge is 0.493 e. The van der Waals surface area contributed by atoms with Crippen molar-refractivity contribution in [2.75, 3.05) is 6.61 Å². The Hall–Kier alpha value is -4.18. The first kappa shape index (κ1) is 29.8. The lowest BCUT2D eigenvalue weighted by Gasteiger charge is -2.22. The summed E-state index contributed by atoms with van der Waals surface area (Å²) in [7, 11) is 0. The van der Waals surface area contributed by atoms with Crippen LogP contribution in [-0.2, 0) is 43.3 Å². The van der Waals surface area contributed by atoms with Crippen molar-refractivity contribution in [2.24, 2.45) is 5.92 Å². The molecule has 1 aromatic heterocycles. The lowest BCUT2D eigenvalue weighted by molar-refractivity contribution is -0.153. The zero-order chi connectivity index (χ0) is 29.4. The van der Waals surface area contributed by atoms with Crippen LogP contribution >= 0.6 is 11.8 Å². The fraction of sp³-hybridized carbons (Fsp3) is 0.323. The molecule has 0 saturated carbocycles. The molecule has 2 aromatic carbocycles. The number of hydrogen-bond acceptors (Lipinski definition) is 9. The normalized spacial score (nSPS) is 17.2. The van der Waals surface area contributed by atoms with E-state index in [0.717, 1.165) is 16.8 Å². The summed E-state index contributed by atoms with van der Waals surface area (Å²) in [6.45, 7) is 5.78. The minimum absolute atomic E-state index is 0.00156. The maximum absolute atomic E-state index is 13.1. The van der Waals surface area contributed by atoms with Gasteiger partial charge in [-0.25, -0.2) is 4.79 Å². The fourth-order valence-corrected chi connectivity index (χ4v) is 5.04. The number of esters is 2. The van der Waals surface area contributed by atoms with Crippen LogP contribution < -0.4 is 10.1 Å². The van der Waals surface area contributed by atoms with Crippen LogP contribution in [0.15, 0.2) is 72.9 Å². The highest BCUT2D eigenvalue weighted by molar-refractivity contribution is 8.16. The Morgan fingerprint density at radius 3 is 2.29 bits per heavy atom. The predicted octanol–water partition coefficient (Wildman–Crippen LogP) is 4.97. The topological polar surface area (TPSA) is 121 Å². The van der Waals surface area contributed by atoms with E-state index < -0.39 is 21.9 Å². The van der Waals surface area contributed by atoms with Crippen LogP contribution in [0.4, 0.5) is 4.79 Å². The van der Waals surface area contributed by atoms with Crippen LogP contribution in [0.25, 0.3) is 0 Å². The van der Waals surface area contributed by atoms with E-state index in [1.807, 2.05) is 49.4 Å². The third-order valence-electron chi connectivity index (χ3n) is 6.48. The summed E-state index contributed by atoms with van der Waals surface area (Å²) in [5.74, 6) is -1.28. The van der Waals surface area contributed by atoms with Crippen molar-refractivity contribution in [1.82, 2.24) is 10.3 Å². The van der Waals surface area contributed by atoms with Gasteiger partial charge in [-0.3, -0.25) is 24.7 Å². The van der Waals surface area contributed by atoms with E-state index in [0.29, 0.717) is 36.1 Å². The molecule has 0 radical (unpaired) electrons. The van der Waals surface area contributed by atoms with Gasteiger partial charge < -0.3 is 14.2 Å². The number of nitrogens with zero attached hydrogens (tertiary/aromatic N) is 1. The molecule has 2 atom stereocenters. The summed E-state index contributed by atoms with van der Waals surface area (Å²) in [6, 6.07) is 19.9. The van der Waals surface area contributed by atoms with E-state index in [-0.39, 0.29) is 31.0 Å². The number of benzene rings is 2. The average Bonchev–Trinajstić information content (AvgIpc) is 3.26. The standard InChI is InChI=1S/C31H32N2O7S/c1-20(2)27(34)40-21(3)24-11-12-25(32-18-24)15-16-38-26-13-9-22(10-14-26)17-31(28(35)33-30(37)41-31)29(36)39-19-23-7-5-4-6-8-23/h4-14,18,20-21H,15-17,19H2,1-3H3,(H,33,35,37)/t21?,31-/m0/s1. The first-order valence-electron chi connectivity index (χ1n) is 13.3. The second-order valence-corrected chi connectivity index (χ2v) is 11.2. The molecule has 1 aliphatic heterocycles. The molecular formula is C31H32N2O7S. The van der Waals surface area contributed by atoms with Crippen LogP contribution in [0.2, 0.25) is 0 Å². The Morgan fingerprint density at radius 1 is 0.951 bits per heavy atom. The number of pyridine rings is 1. The van der Waals surface area contributed by atoms with Gasteiger partial charge in [-0.05, 0) is 48.0 Å². The third-order valence-corrected chi connectivity index (χ3v) is 7.61. The smallest absolute Gasteiger partial charge is 0.333 e. The van der Waals surface area contributed by atoms with Crippen molar-refractivity contribution >= 4 is 34.8 Å². The molecule has 0 aliphatic carbocycles. The van der Waals surface area contributed by atoms with Crippen molar-refractivity contribution in [1.29, 1.82) is 0 Å². The lowest BCUT2D eigenvalue weighted by atomic mass is 9.97. The first-order chi connectivity index (χ1) is 19.7. The van der Waals surface area contributed by atoms with Gasteiger partial charge in [0.25, 0.3) is 11.1 Å². The number of amides is 2. The molecule has 0 spiro atoms. The third kappa shape index (κ3) is 7.73. The molecule has 2 heterocycles. The molecule has 214 valence electrons. The molecule has 3 aromatic rings. The summed E-state index contributed by atoms with van der Waals surface area (Å²) in [5, 5.41) is 1.63. The van der Waals surface area contributed by atoms with Gasteiger partial charge in [-0.15, -0.1) is 0 Å². The van der Waals surface area contributed by atoms with Gasteiger partial charge in [0.15, 0.2) is 0 Å². The fourth-order valence-electron chi connectivity index (χ4n) is 4.05. The van der Waals surface area contributed by atoms with Gasteiger partial charge in [-0.1, -0.05) is 62.4 Å². The molecule has 0 bridgehead atoms. The molecule has 9 nitrogen and oxygen atoms in total. The number of rotatable bonds is 12. The summed E-state index contributed by atoms with van der Waals surface area (Å²) in [4.78, 5) is 54.1. The van der Waals surface area contributed by atoms with Crippen molar-refractivity contribution in [3.05, 3.63) is 95.3 Å². The Kier molecular flexibility index (Phi) is 9.78. The number of imide groups is 1. The van der Waals surface area contributed by atoms with Crippen molar-refractivity contribution in [2.45, 2.75) is 51.1 Å².